The van der Waals surface area contributed by atoms with Gasteiger partial charge in [0.1, 0.15) is 11.4 Å². The van der Waals surface area contributed by atoms with Gasteiger partial charge in [-0.2, -0.15) is 0 Å². The maximum Gasteiger partial charge on any atom is 0.276 e. The van der Waals surface area contributed by atoms with Gasteiger partial charge in [-0.3, -0.25) is 19.4 Å². The lowest BCUT2D eigenvalue weighted by molar-refractivity contribution is -0.122. The van der Waals surface area contributed by atoms with Gasteiger partial charge in [0, 0.05) is 28.2 Å². The third kappa shape index (κ3) is 2.91. The summed E-state index contributed by atoms with van der Waals surface area (Å²) in [5.41, 5.74) is 2.71. The van der Waals surface area contributed by atoms with Crippen LogP contribution in [0.25, 0.3) is 12.2 Å². The fraction of sp³-hybridized carbons (Fsp3) is 0.222. The highest BCUT2D eigenvalue weighted by Crippen LogP contribution is 2.23. The van der Waals surface area contributed by atoms with Gasteiger partial charge in [-0.25, -0.2) is 0 Å². The standard InChI is InChI=1S/C18H18N4O2S2/c1-19-13(15(23)21(3)17(19)25)9-11-6-5-7-12(8-11)10-14-16(24)22(4)18(26)20(14)2/h5-10H,1-4H3/b13-9+,14-10+. The molecule has 134 valence electrons. The molecular formula is C18H18N4O2S2. The minimum atomic E-state index is -0.140. The van der Waals surface area contributed by atoms with E-state index in [0.29, 0.717) is 21.6 Å². The van der Waals surface area contributed by atoms with Gasteiger partial charge in [-0.15, -0.1) is 0 Å². The Labute approximate surface area is 162 Å². The lowest BCUT2D eigenvalue weighted by Gasteiger charge is -2.11. The van der Waals surface area contributed by atoms with E-state index < -0.39 is 0 Å². The van der Waals surface area contributed by atoms with E-state index in [4.69, 9.17) is 24.4 Å². The van der Waals surface area contributed by atoms with E-state index in [0.717, 1.165) is 11.1 Å². The molecule has 2 aliphatic rings. The smallest absolute Gasteiger partial charge is 0.276 e. The molecule has 0 saturated carbocycles. The van der Waals surface area contributed by atoms with Crippen LogP contribution >= 0.6 is 24.4 Å². The highest BCUT2D eigenvalue weighted by Gasteiger charge is 2.33. The average molecular weight is 387 g/mol. The zero-order valence-electron chi connectivity index (χ0n) is 14.9. The number of hydrogen-bond donors (Lipinski definition) is 0. The first-order valence-electron chi connectivity index (χ1n) is 7.87. The summed E-state index contributed by atoms with van der Waals surface area (Å²) < 4.78 is 0. The van der Waals surface area contributed by atoms with Crippen molar-refractivity contribution < 1.29 is 9.59 Å². The quantitative estimate of drug-likeness (QED) is 0.570. The molecule has 2 heterocycles. The molecule has 8 heteroatoms. The third-order valence-corrected chi connectivity index (χ3v) is 5.53. The van der Waals surface area contributed by atoms with Crippen molar-refractivity contribution in [1.82, 2.24) is 19.6 Å². The second-order valence-corrected chi connectivity index (χ2v) is 6.87. The molecule has 0 bridgehead atoms. The third-order valence-electron chi connectivity index (χ3n) is 4.44. The molecule has 6 nitrogen and oxygen atoms in total. The van der Waals surface area contributed by atoms with Crippen LogP contribution in [0.5, 0.6) is 0 Å². The number of likely N-dealkylation sites (N-methyl/N-ethyl adjacent to an activating group) is 4. The van der Waals surface area contributed by atoms with Crippen LogP contribution in [0.2, 0.25) is 0 Å². The van der Waals surface area contributed by atoms with Crippen LogP contribution in [0.1, 0.15) is 11.1 Å². The minimum absolute atomic E-state index is 0.140. The molecule has 0 unspecified atom stereocenters. The van der Waals surface area contributed by atoms with E-state index in [1.807, 2.05) is 24.3 Å². The maximum atomic E-state index is 12.3. The molecule has 2 fully saturated rings. The number of nitrogens with zero attached hydrogens (tertiary/aromatic N) is 4. The summed E-state index contributed by atoms with van der Waals surface area (Å²) in [4.78, 5) is 30.8. The highest BCUT2D eigenvalue weighted by molar-refractivity contribution is 7.80. The number of carbonyl (C=O) groups excluding carboxylic acids is 2. The predicted molar refractivity (Wildman–Crippen MR) is 109 cm³/mol. The lowest BCUT2D eigenvalue weighted by atomic mass is 10.1. The van der Waals surface area contributed by atoms with Crippen molar-refractivity contribution >= 4 is 58.6 Å². The molecule has 2 aliphatic heterocycles. The van der Waals surface area contributed by atoms with Crippen LogP contribution in [0.3, 0.4) is 0 Å². The average Bonchev–Trinajstić information content (AvgIpc) is 2.92. The molecule has 2 saturated heterocycles. The van der Waals surface area contributed by atoms with Crippen LogP contribution in [-0.2, 0) is 9.59 Å². The molecule has 1 aromatic rings. The summed E-state index contributed by atoms with van der Waals surface area (Å²) >= 11 is 10.4. The first-order valence-corrected chi connectivity index (χ1v) is 8.69. The molecule has 0 aliphatic carbocycles. The van der Waals surface area contributed by atoms with Gasteiger partial charge in [0.2, 0.25) is 0 Å². The number of amides is 2. The second-order valence-electron chi connectivity index (χ2n) is 6.14. The van der Waals surface area contributed by atoms with E-state index in [-0.39, 0.29) is 11.8 Å². The first kappa shape index (κ1) is 18.2. The molecule has 26 heavy (non-hydrogen) atoms. The Morgan fingerprint density at radius 3 is 1.42 bits per heavy atom. The number of benzene rings is 1. The summed E-state index contributed by atoms with van der Waals surface area (Å²) in [6.45, 7) is 0. The molecule has 0 spiro atoms. The van der Waals surface area contributed by atoms with Crippen molar-refractivity contribution in [3.8, 4) is 0 Å². The summed E-state index contributed by atoms with van der Waals surface area (Å²) in [6.07, 6.45) is 3.58. The van der Waals surface area contributed by atoms with Crippen LogP contribution in [0, 0.1) is 0 Å². The zero-order valence-corrected chi connectivity index (χ0v) is 16.5. The van der Waals surface area contributed by atoms with Crippen LogP contribution in [0.4, 0.5) is 0 Å². The summed E-state index contributed by atoms with van der Waals surface area (Å²) in [6, 6.07) is 7.58. The van der Waals surface area contributed by atoms with Crippen molar-refractivity contribution in [2.45, 2.75) is 0 Å². The van der Waals surface area contributed by atoms with Crippen LogP contribution < -0.4 is 0 Å². The van der Waals surface area contributed by atoms with Crippen LogP contribution in [0.15, 0.2) is 35.7 Å². The molecular weight excluding hydrogens is 368 g/mol. The summed E-state index contributed by atoms with van der Waals surface area (Å²) in [5.74, 6) is -0.280. The van der Waals surface area contributed by atoms with Gasteiger partial charge < -0.3 is 9.80 Å². The number of rotatable bonds is 2. The monoisotopic (exact) mass is 386 g/mol. The first-order chi connectivity index (χ1) is 12.2. The van der Waals surface area contributed by atoms with Crippen molar-refractivity contribution in [3.63, 3.8) is 0 Å². The van der Waals surface area contributed by atoms with E-state index in [2.05, 4.69) is 0 Å². The second kappa shape index (κ2) is 6.62. The van der Waals surface area contributed by atoms with E-state index in [1.165, 1.54) is 9.80 Å². The largest absolute Gasteiger partial charge is 0.317 e. The lowest BCUT2D eigenvalue weighted by Crippen LogP contribution is -2.26. The van der Waals surface area contributed by atoms with Crippen molar-refractivity contribution in [2.75, 3.05) is 28.2 Å². The zero-order chi connectivity index (χ0) is 19.2. The van der Waals surface area contributed by atoms with Crippen molar-refractivity contribution in [3.05, 3.63) is 46.8 Å². The van der Waals surface area contributed by atoms with Gasteiger partial charge in [0.15, 0.2) is 10.2 Å². The van der Waals surface area contributed by atoms with Gasteiger partial charge >= 0.3 is 0 Å². The van der Waals surface area contributed by atoms with Gasteiger partial charge in [0.25, 0.3) is 11.8 Å². The van der Waals surface area contributed by atoms with Gasteiger partial charge in [-0.05, 0) is 53.8 Å². The number of thiocarbonyl (C=S) groups is 2. The predicted octanol–water partition coefficient (Wildman–Crippen LogP) is 1.75. The minimum Gasteiger partial charge on any atom is -0.317 e. The normalized spacial score (nSPS) is 21.2. The van der Waals surface area contributed by atoms with E-state index in [1.54, 1.807) is 50.1 Å². The fourth-order valence-corrected chi connectivity index (χ4v) is 3.19. The summed E-state index contributed by atoms with van der Waals surface area (Å²) in [5, 5.41) is 0.934. The van der Waals surface area contributed by atoms with Crippen molar-refractivity contribution in [2.24, 2.45) is 0 Å². The summed E-state index contributed by atoms with van der Waals surface area (Å²) in [7, 11) is 6.85. The molecule has 0 N–H and O–H groups in total. The highest BCUT2D eigenvalue weighted by atomic mass is 32.1. The van der Waals surface area contributed by atoms with Gasteiger partial charge in [-0.1, -0.05) is 18.2 Å². The Bertz CT molecular complexity index is 837. The molecule has 1 aromatic carbocycles. The number of hydrogen-bond acceptors (Lipinski definition) is 4. The maximum absolute atomic E-state index is 12.3. The van der Waals surface area contributed by atoms with E-state index >= 15 is 0 Å². The Morgan fingerprint density at radius 2 is 1.12 bits per heavy atom. The van der Waals surface area contributed by atoms with E-state index in [9.17, 15) is 9.59 Å². The molecule has 0 aromatic heterocycles. The Kier molecular flexibility index (Phi) is 4.64. The van der Waals surface area contributed by atoms with Gasteiger partial charge in [0.05, 0.1) is 0 Å². The Balaban J connectivity index is 1.95. The van der Waals surface area contributed by atoms with Crippen molar-refractivity contribution in [1.29, 1.82) is 0 Å². The molecule has 0 atom stereocenters. The SMILES string of the molecule is CN1C(=O)/C(=C\c2cccc(/C=C3\C(=O)N(C)C(=S)N3C)c2)N(C)C1=S. The van der Waals surface area contributed by atoms with Crippen LogP contribution in [-0.4, -0.2) is 69.8 Å². The molecule has 0 radical (unpaired) electrons. The number of carbonyl (C=O) groups is 2. The fourth-order valence-electron chi connectivity index (χ4n) is 2.83. The topological polar surface area (TPSA) is 47.1 Å². The molecule has 3 rings (SSSR count). The molecule has 2 amide bonds. The Hall–Kier alpha value is -2.58. The Morgan fingerprint density at radius 1 is 0.731 bits per heavy atom.